The molecule has 0 spiro atoms. The number of nitrogens with one attached hydrogen (secondary N) is 1. The number of likely N-dealkylation sites (N-methyl/N-ethyl adjacent to an activating group) is 1. The van der Waals surface area contributed by atoms with Crippen LogP contribution in [0.4, 0.5) is 0 Å². The molecular weight excluding hydrogens is 437 g/mol. The Morgan fingerprint density at radius 3 is 2.61 bits per heavy atom. The number of benzene rings is 2. The van der Waals surface area contributed by atoms with Crippen molar-refractivity contribution in [1.29, 1.82) is 0 Å². The lowest BCUT2D eigenvalue weighted by Gasteiger charge is -2.32. The number of hydrogen-bond acceptors (Lipinski definition) is 4. The van der Waals surface area contributed by atoms with Crippen LogP contribution in [0.25, 0.3) is 0 Å². The zero-order chi connectivity index (χ0) is 22.4. The van der Waals surface area contributed by atoms with Crippen molar-refractivity contribution in [2.45, 2.75) is 24.9 Å². The summed E-state index contributed by atoms with van der Waals surface area (Å²) in [7, 11) is 1.83. The van der Waals surface area contributed by atoms with E-state index in [1.807, 2.05) is 43.4 Å². The summed E-state index contributed by atoms with van der Waals surface area (Å²) in [6, 6.07) is 15.2. The minimum Gasteiger partial charge on any atom is -0.480 e. The van der Waals surface area contributed by atoms with E-state index in [0.29, 0.717) is 16.6 Å². The summed E-state index contributed by atoms with van der Waals surface area (Å²) in [6.45, 7) is 2.25. The minimum absolute atomic E-state index is 0.00742. The van der Waals surface area contributed by atoms with E-state index in [1.54, 1.807) is 17.0 Å². The van der Waals surface area contributed by atoms with E-state index in [9.17, 15) is 9.59 Å². The van der Waals surface area contributed by atoms with Crippen molar-refractivity contribution >= 4 is 35.1 Å². The monoisotopic (exact) mass is 463 g/mol. The first kappa shape index (κ1) is 23.5. The van der Waals surface area contributed by atoms with E-state index >= 15 is 0 Å². The van der Waals surface area contributed by atoms with Crippen molar-refractivity contribution in [2.24, 2.45) is 0 Å². The van der Waals surface area contributed by atoms with E-state index in [1.165, 1.54) is 0 Å². The topological polar surface area (TPSA) is 72.9 Å². The molecule has 1 amide bonds. The van der Waals surface area contributed by atoms with Crippen LogP contribution >= 0.6 is 23.2 Å². The van der Waals surface area contributed by atoms with Gasteiger partial charge in [0.05, 0.1) is 29.1 Å². The first-order valence-electron chi connectivity index (χ1n) is 10.3. The van der Waals surface area contributed by atoms with Crippen molar-refractivity contribution < 1.29 is 14.7 Å². The van der Waals surface area contributed by atoms with Crippen LogP contribution in [0, 0.1) is 0 Å². The second-order valence-electron chi connectivity index (χ2n) is 7.88. The average Bonchev–Trinajstić information content (AvgIpc) is 3.21. The Morgan fingerprint density at radius 2 is 1.94 bits per heavy atom. The average molecular weight is 464 g/mol. The number of aliphatic carboxylic acids is 1. The molecule has 6 nitrogen and oxygen atoms in total. The van der Waals surface area contributed by atoms with Crippen LogP contribution in [0.2, 0.25) is 10.0 Å². The van der Waals surface area contributed by atoms with Gasteiger partial charge in [0.25, 0.3) is 0 Å². The molecule has 2 aromatic rings. The summed E-state index contributed by atoms with van der Waals surface area (Å²) in [4.78, 5) is 28.0. The van der Waals surface area contributed by atoms with Gasteiger partial charge >= 0.3 is 5.97 Å². The van der Waals surface area contributed by atoms with Crippen LogP contribution in [0.5, 0.6) is 0 Å². The number of likely N-dealkylation sites (tertiary alicyclic amines) is 1. The third-order valence-electron chi connectivity index (χ3n) is 5.63. The Morgan fingerprint density at radius 1 is 1.19 bits per heavy atom. The maximum absolute atomic E-state index is 13.1. The predicted octanol–water partition coefficient (Wildman–Crippen LogP) is 3.48. The molecule has 0 aliphatic carbocycles. The van der Waals surface area contributed by atoms with Gasteiger partial charge in [0.2, 0.25) is 5.91 Å². The number of carboxylic acids is 1. The number of carbonyl (C=O) groups is 2. The molecule has 1 heterocycles. The van der Waals surface area contributed by atoms with E-state index in [4.69, 9.17) is 28.3 Å². The van der Waals surface area contributed by atoms with Crippen molar-refractivity contribution in [3.05, 3.63) is 69.7 Å². The van der Waals surface area contributed by atoms with Crippen LogP contribution in [-0.2, 0) is 16.0 Å². The summed E-state index contributed by atoms with van der Waals surface area (Å²) >= 11 is 12.1. The van der Waals surface area contributed by atoms with Gasteiger partial charge in [0.1, 0.15) is 0 Å². The molecule has 1 aliphatic heterocycles. The number of halogens is 2. The van der Waals surface area contributed by atoms with Crippen molar-refractivity contribution in [1.82, 2.24) is 15.1 Å². The zero-order valence-corrected chi connectivity index (χ0v) is 18.9. The molecule has 0 radical (unpaired) electrons. The first-order valence-corrected chi connectivity index (χ1v) is 11.0. The number of carbonyl (C=O) groups excluding carboxylic acids is 1. The number of carboxylic acid groups (broad SMARTS) is 1. The van der Waals surface area contributed by atoms with Gasteiger partial charge in [-0.15, -0.1) is 0 Å². The summed E-state index contributed by atoms with van der Waals surface area (Å²) in [5.41, 5.74) is 1.88. The highest BCUT2D eigenvalue weighted by atomic mass is 35.5. The number of amides is 1. The minimum atomic E-state index is -0.853. The first-order chi connectivity index (χ1) is 14.8. The lowest BCUT2D eigenvalue weighted by Crippen LogP contribution is -2.41. The summed E-state index contributed by atoms with van der Waals surface area (Å²) in [5, 5.41) is 12.9. The van der Waals surface area contributed by atoms with Crippen molar-refractivity contribution in [3.8, 4) is 0 Å². The number of hydrogen-bond donors (Lipinski definition) is 2. The molecule has 2 aromatic carbocycles. The lowest BCUT2D eigenvalue weighted by molar-refractivity contribution is -0.136. The fraction of sp³-hybridized carbons (Fsp3) is 0.391. The third kappa shape index (κ3) is 6.68. The smallest absolute Gasteiger partial charge is 0.317 e. The molecule has 0 aromatic heterocycles. The Bertz CT molecular complexity index is 910. The van der Waals surface area contributed by atoms with Gasteiger partial charge in [-0.25, -0.2) is 0 Å². The largest absolute Gasteiger partial charge is 0.480 e. The maximum Gasteiger partial charge on any atom is 0.317 e. The molecule has 1 saturated heterocycles. The summed E-state index contributed by atoms with van der Waals surface area (Å²) in [5.74, 6) is -0.861. The molecular formula is C23H27Cl2N3O3. The van der Waals surface area contributed by atoms with Gasteiger partial charge in [-0.2, -0.15) is 0 Å². The summed E-state index contributed by atoms with van der Waals surface area (Å²) in [6.07, 6.45) is 1.12. The molecule has 0 bridgehead atoms. The highest BCUT2D eigenvalue weighted by Gasteiger charge is 2.29. The normalized spacial score (nSPS) is 17.5. The van der Waals surface area contributed by atoms with Gasteiger partial charge in [-0.1, -0.05) is 59.6 Å². The van der Waals surface area contributed by atoms with E-state index < -0.39 is 5.97 Å². The SMILES string of the molecule is CN(C(=O)Cc1ccc(Cl)c(Cl)c1)C(CN1CC[C@H](NCC(=O)O)C1)c1ccccc1. The fourth-order valence-electron chi connectivity index (χ4n) is 3.89. The quantitative estimate of drug-likeness (QED) is 0.595. The Balaban J connectivity index is 1.69. The van der Waals surface area contributed by atoms with Crippen LogP contribution in [0.3, 0.4) is 0 Å². The molecule has 8 heteroatoms. The third-order valence-corrected chi connectivity index (χ3v) is 6.37. The van der Waals surface area contributed by atoms with E-state index in [-0.39, 0.29) is 31.0 Å². The van der Waals surface area contributed by atoms with Crippen LogP contribution < -0.4 is 5.32 Å². The van der Waals surface area contributed by atoms with Crippen LogP contribution in [0.15, 0.2) is 48.5 Å². The number of rotatable bonds is 9. The van der Waals surface area contributed by atoms with Crippen molar-refractivity contribution in [2.75, 3.05) is 33.2 Å². The van der Waals surface area contributed by atoms with Gasteiger partial charge < -0.3 is 15.3 Å². The molecule has 1 unspecified atom stereocenters. The second-order valence-corrected chi connectivity index (χ2v) is 8.69. The molecule has 2 N–H and O–H groups in total. The summed E-state index contributed by atoms with van der Waals surface area (Å²) < 4.78 is 0. The van der Waals surface area contributed by atoms with Crippen LogP contribution in [0.1, 0.15) is 23.6 Å². The molecule has 1 fully saturated rings. The fourth-order valence-corrected chi connectivity index (χ4v) is 4.21. The molecule has 2 atom stereocenters. The van der Waals surface area contributed by atoms with Gasteiger partial charge in [0.15, 0.2) is 0 Å². The lowest BCUT2D eigenvalue weighted by atomic mass is 10.0. The highest BCUT2D eigenvalue weighted by Crippen LogP contribution is 2.26. The van der Waals surface area contributed by atoms with E-state index in [2.05, 4.69) is 10.2 Å². The molecule has 1 aliphatic rings. The van der Waals surface area contributed by atoms with Gasteiger partial charge in [-0.3, -0.25) is 14.5 Å². The number of nitrogens with zero attached hydrogens (tertiary/aromatic N) is 2. The zero-order valence-electron chi connectivity index (χ0n) is 17.4. The standard InChI is InChI=1S/C23H27Cl2N3O3/c1-27(22(29)12-16-7-8-19(24)20(25)11-16)21(17-5-3-2-4-6-17)15-28-10-9-18(14-28)26-13-23(30)31/h2-8,11,18,21,26H,9-10,12-15H2,1H3,(H,30,31)/t18-,21?/m0/s1. The molecule has 31 heavy (non-hydrogen) atoms. The predicted molar refractivity (Wildman–Crippen MR) is 123 cm³/mol. The second kappa shape index (κ2) is 11.0. The Labute approximate surface area is 192 Å². The van der Waals surface area contributed by atoms with E-state index in [0.717, 1.165) is 30.6 Å². The molecule has 0 saturated carbocycles. The molecule has 166 valence electrons. The van der Waals surface area contributed by atoms with Crippen LogP contribution in [-0.4, -0.2) is 66.1 Å². The molecule has 3 rings (SSSR count). The maximum atomic E-state index is 13.1. The Hall–Kier alpha value is -2.12. The Kier molecular flexibility index (Phi) is 8.32. The van der Waals surface area contributed by atoms with Crippen molar-refractivity contribution in [3.63, 3.8) is 0 Å². The van der Waals surface area contributed by atoms with Gasteiger partial charge in [0, 0.05) is 26.2 Å². The van der Waals surface area contributed by atoms with Gasteiger partial charge in [-0.05, 0) is 36.2 Å². The highest BCUT2D eigenvalue weighted by molar-refractivity contribution is 6.42.